The lowest BCUT2D eigenvalue weighted by Gasteiger charge is -1.93. The number of hydrogen-bond acceptors (Lipinski definition) is 5. The van der Waals surface area contributed by atoms with Crippen LogP contribution in [0.25, 0.3) is 6.08 Å². The predicted octanol–water partition coefficient (Wildman–Crippen LogP) is 3.69. The van der Waals surface area contributed by atoms with Crippen molar-refractivity contribution >= 4 is 50.2 Å². The maximum absolute atomic E-state index is 10.7. The molecule has 0 aliphatic heterocycles. The van der Waals surface area contributed by atoms with Gasteiger partial charge >= 0.3 is 5.97 Å². The van der Waals surface area contributed by atoms with Gasteiger partial charge in [-0.2, -0.15) is 0 Å². The van der Waals surface area contributed by atoms with Crippen molar-refractivity contribution < 1.29 is 14.3 Å². The van der Waals surface area contributed by atoms with Gasteiger partial charge in [0.25, 0.3) is 0 Å². The van der Waals surface area contributed by atoms with Crippen LogP contribution in [0.1, 0.15) is 15.9 Å². The standard InChI is InChI=1S/C9H8BrNO2.C6H4BrNO/c1-13-9(12)3-2-7-4-8(10)6-11-5-7;7-6-1-5(4-9)2-8-3-6/h2-6H,1H3;1-4H/b3-2+;. The Kier molecular flexibility index (Phi) is 8.24. The Balaban J connectivity index is 0.000000235. The molecule has 2 heterocycles. The number of aldehydes is 1. The van der Waals surface area contributed by atoms with E-state index in [1.165, 1.54) is 19.4 Å². The molecule has 7 heteroatoms. The first-order valence-corrected chi connectivity index (χ1v) is 7.56. The normalized spacial score (nSPS) is 9.77. The van der Waals surface area contributed by atoms with Gasteiger partial charge in [0.15, 0.2) is 6.29 Å². The van der Waals surface area contributed by atoms with Crippen LogP contribution in [0.3, 0.4) is 0 Å². The average molecular weight is 428 g/mol. The van der Waals surface area contributed by atoms with Crippen LogP contribution >= 0.6 is 31.9 Å². The second-order valence-corrected chi connectivity index (χ2v) is 5.68. The van der Waals surface area contributed by atoms with Gasteiger partial charge in [0.1, 0.15) is 0 Å². The number of ether oxygens (including phenoxy) is 1. The third kappa shape index (κ3) is 7.24. The van der Waals surface area contributed by atoms with E-state index in [9.17, 15) is 9.59 Å². The number of methoxy groups -OCH3 is 1. The number of pyridine rings is 2. The summed E-state index contributed by atoms with van der Waals surface area (Å²) in [5.74, 6) is -0.375. The molecule has 5 nitrogen and oxygen atoms in total. The van der Waals surface area contributed by atoms with Crippen molar-refractivity contribution in [3.8, 4) is 0 Å². The van der Waals surface area contributed by atoms with Crippen LogP contribution in [0.15, 0.2) is 51.9 Å². The van der Waals surface area contributed by atoms with E-state index in [1.54, 1.807) is 30.7 Å². The fourth-order valence-corrected chi connectivity index (χ4v) is 2.01. The molecule has 0 aromatic carbocycles. The molecule has 0 N–H and O–H groups in total. The Hall–Kier alpha value is -1.86. The Labute approximate surface area is 144 Å². The van der Waals surface area contributed by atoms with Gasteiger partial charge in [-0.05, 0) is 55.6 Å². The van der Waals surface area contributed by atoms with Crippen LogP contribution in [0.2, 0.25) is 0 Å². The first-order chi connectivity index (χ1) is 10.5. The van der Waals surface area contributed by atoms with Crippen LogP contribution in [0.5, 0.6) is 0 Å². The summed E-state index contributed by atoms with van der Waals surface area (Å²) in [6.07, 6.45) is 10.2. The lowest BCUT2D eigenvalue weighted by Crippen LogP contribution is -1.93. The molecule has 0 fully saturated rings. The quantitative estimate of drug-likeness (QED) is 0.424. The molecule has 0 amide bonds. The molecule has 0 saturated carbocycles. The smallest absolute Gasteiger partial charge is 0.330 e. The summed E-state index contributed by atoms with van der Waals surface area (Å²) in [7, 11) is 1.34. The predicted molar refractivity (Wildman–Crippen MR) is 90.3 cm³/mol. The number of rotatable bonds is 3. The lowest BCUT2D eigenvalue weighted by atomic mass is 10.2. The van der Waals surface area contributed by atoms with E-state index >= 15 is 0 Å². The molecule has 2 rings (SSSR count). The van der Waals surface area contributed by atoms with Crippen LogP contribution in [-0.4, -0.2) is 29.3 Å². The highest BCUT2D eigenvalue weighted by Gasteiger charge is 1.93. The Morgan fingerprint density at radius 2 is 1.59 bits per heavy atom. The van der Waals surface area contributed by atoms with Crippen LogP contribution in [-0.2, 0) is 9.53 Å². The molecule has 0 atom stereocenters. The van der Waals surface area contributed by atoms with Crippen LogP contribution < -0.4 is 0 Å². The van der Waals surface area contributed by atoms with Crippen molar-refractivity contribution in [1.29, 1.82) is 0 Å². The second-order valence-electron chi connectivity index (χ2n) is 3.85. The number of nitrogens with zero attached hydrogens (tertiary/aromatic N) is 2. The van der Waals surface area contributed by atoms with Crippen LogP contribution in [0.4, 0.5) is 0 Å². The van der Waals surface area contributed by atoms with E-state index in [4.69, 9.17) is 0 Å². The van der Waals surface area contributed by atoms with Gasteiger partial charge in [0, 0.05) is 45.4 Å². The fraction of sp³-hybridized carbons (Fsp3) is 0.0667. The highest BCUT2D eigenvalue weighted by Crippen LogP contribution is 2.10. The molecule has 0 aliphatic carbocycles. The molecule has 0 aliphatic rings. The number of aromatic nitrogens is 2. The first-order valence-electron chi connectivity index (χ1n) is 5.97. The Morgan fingerprint density at radius 3 is 2.05 bits per heavy atom. The average Bonchev–Trinajstić information content (AvgIpc) is 2.53. The zero-order valence-electron chi connectivity index (χ0n) is 11.6. The molecule has 2 aromatic rings. The van der Waals surface area contributed by atoms with Gasteiger partial charge < -0.3 is 4.74 Å². The van der Waals surface area contributed by atoms with Gasteiger partial charge in [0.2, 0.25) is 0 Å². The number of carbonyl (C=O) groups is 2. The molecule has 0 unspecified atom stereocenters. The van der Waals surface area contributed by atoms with E-state index < -0.39 is 0 Å². The van der Waals surface area contributed by atoms with Gasteiger partial charge in [-0.25, -0.2) is 4.79 Å². The minimum Gasteiger partial charge on any atom is -0.466 e. The van der Waals surface area contributed by atoms with Crippen molar-refractivity contribution in [2.45, 2.75) is 0 Å². The summed E-state index contributed by atoms with van der Waals surface area (Å²) in [5, 5.41) is 0. The molecule has 114 valence electrons. The number of esters is 1. The van der Waals surface area contributed by atoms with E-state index in [0.717, 1.165) is 20.8 Å². The molecule has 22 heavy (non-hydrogen) atoms. The van der Waals surface area contributed by atoms with Gasteiger partial charge in [-0.1, -0.05) is 0 Å². The second kappa shape index (κ2) is 9.97. The van der Waals surface area contributed by atoms with Crippen LogP contribution in [0, 0.1) is 0 Å². The van der Waals surface area contributed by atoms with E-state index in [1.807, 2.05) is 6.07 Å². The lowest BCUT2D eigenvalue weighted by molar-refractivity contribution is -0.134. The van der Waals surface area contributed by atoms with Gasteiger partial charge in [-0.3, -0.25) is 14.8 Å². The third-order valence-electron chi connectivity index (χ3n) is 2.20. The number of carbonyl (C=O) groups excluding carboxylic acids is 2. The molecular weight excluding hydrogens is 416 g/mol. The van der Waals surface area contributed by atoms with E-state index in [2.05, 4.69) is 46.6 Å². The minimum atomic E-state index is -0.375. The minimum absolute atomic E-state index is 0.375. The summed E-state index contributed by atoms with van der Waals surface area (Å²) in [6, 6.07) is 3.56. The fourth-order valence-electron chi connectivity index (χ4n) is 1.24. The molecule has 0 spiro atoms. The Morgan fingerprint density at radius 1 is 1.05 bits per heavy atom. The summed E-state index contributed by atoms with van der Waals surface area (Å²) >= 11 is 6.46. The van der Waals surface area contributed by atoms with Crippen molar-refractivity contribution in [2.75, 3.05) is 7.11 Å². The summed E-state index contributed by atoms with van der Waals surface area (Å²) in [4.78, 5) is 28.5. The monoisotopic (exact) mass is 426 g/mol. The summed E-state index contributed by atoms with van der Waals surface area (Å²) in [5.41, 5.74) is 1.43. The van der Waals surface area contributed by atoms with Gasteiger partial charge in [-0.15, -0.1) is 0 Å². The van der Waals surface area contributed by atoms with Crippen molar-refractivity contribution in [3.63, 3.8) is 0 Å². The van der Waals surface area contributed by atoms with Crippen molar-refractivity contribution in [3.05, 3.63) is 63.1 Å². The molecule has 2 aromatic heterocycles. The SMILES string of the molecule is COC(=O)/C=C/c1cncc(Br)c1.O=Cc1cncc(Br)c1. The highest BCUT2D eigenvalue weighted by atomic mass is 79.9. The summed E-state index contributed by atoms with van der Waals surface area (Å²) < 4.78 is 6.14. The third-order valence-corrected chi connectivity index (χ3v) is 3.07. The molecule has 0 saturated heterocycles. The molecular formula is C15H12Br2N2O3. The highest BCUT2D eigenvalue weighted by molar-refractivity contribution is 9.10. The number of halogens is 2. The number of hydrogen-bond donors (Lipinski definition) is 0. The maximum atomic E-state index is 10.7. The van der Waals surface area contributed by atoms with E-state index in [0.29, 0.717) is 5.56 Å². The topological polar surface area (TPSA) is 69.2 Å². The Bertz CT molecular complexity index is 675. The maximum Gasteiger partial charge on any atom is 0.330 e. The first kappa shape index (κ1) is 18.2. The van der Waals surface area contributed by atoms with Crippen molar-refractivity contribution in [2.24, 2.45) is 0 Å². The van der Waals surface area contributed by atoms with E-state index in [-0.39, 0.29) is 5.97 Å². The van der Waals surface area contributed by atoms with Gasteiger partial charge in [0.05, 0.1) is 7.11 Å². The largest absolute Gasteiger partial charge is 0.466 e. The summed E-state index contributed by atoms with van der Waals surface area (Å²) in [6.45, 7) is 0. The zero-order valence-corrected chi connectivity index (χ0v) is 14.7. The molecule has 0 bridgehead atoms. The van der Waals surface area contributed by atoms with Crippen molar-refractivity contribution in [1.82, 2.24) is 9.97 Å². The molecule has 0 radical (unpaired) electrons. The zero-order chi connectivity index (χ0) is 16.4.